The average molecular weight is 226 g/mol. The van der Waals surface area contributed by atoms with Gasteiger partial charge in [-0.1, -0.05) is 0 Å². The molecule has 0 aromatic heterocycles. The molecule has 0 nitrogen and oxygen atoms in total. The second-order valence-corrected chi connectivity index (χ2v) is 4.88. The molecule has 4 aliphatic rings. The summed E-state index contributed by atoms with van der Waals surface area (Å²) < 4.78 is 0. The van der Waals surface area contributed by atoms with Crippen molar-refractivity contribution < 1.29 is 0 Å². The van der Waals surface area contributed by atoms with Gasteiger partial charge in [-0.2, -0.15) is 0 Å². The van der Waals surface area contributed by atoms with Gasteiger partial charge in [-0.3, -0.25) is 0 Å². The zero-order valence-corrected chi connectivity index (χ0v) is 6.55. The molecule has 4 rings (SSSR count). The van der Waals surface area contributed by atoms with Crippen LogP contribution in [0.25, 0.3) is 0 Å². The minimum absolute atomic E-state index is 0. The van der Waals surface area contributed by atoms with E-state index in [4.69, 9.17) is 0 Å². The zero-order valence-electron chi connectivity index (χ0n) is 6.55. The first-order valence-corrected chi connectivity index (χ1v) is 4.90. The maximum absolute atomic E-state index is 1.60. The molecular weight excluding hydrogens is 208 g/mol. The first-order chi connectivity index (χ1) is 4.90. The molecule has 0 N–H and O–H groups in total. The fraction of sp³-hybridized carbons (Fsp3) is 1.00. The number of hydrogen-bond acceptors (Lipinski definition) is 0. The molecule has 4 fully saturated rings. The van der Waals surface area contributed by atoms with E-state index in [1.165, 1.54) is 23.7 Å². The van der Waals surface area contributed by atoms with Gasteiger partial charge in [0.05, 0.1) is 0 Å². The van der Waals surface area contributed by atoms with Crippen LogP contribution >= 0.6 is 0 Å². The molecule has 0 saturated heterocycles. The van der Waals surface area contributed by atoms with Crippen LogP contribution in [0.3, 0.4) is 0 Å². The topological polar surface area (TPSA) is 0 Å². The van der Waals surface area contributed by atoms with Crippen LogP contribution in [0.1, 0.15) is 38.5 Å². The molecule has 0 radical (unpaired) electrons. The molecule has 1 heteroatoms. The molecule has 0 heterocycles. The Morgan fingerprint density at radius 1 is 0.455 bits per heavy atom. The van der Waals surface area contributed by atoms with Gasteiger partial charge in [0.25, 0.3) is 0 Å². The summed E-state index contributed by atoms with van der Waals surface area (Å²) in [5.74, 6) is 4.71. The summed E-state index contributed by atoms with van der Waals surface area (Å²) >= 11 is 0. The van der Waals surface area contributed by atoms with E-state index in [1.54, 1.807) is 38.5 Å². The maximum atomic E-state index is 1.60. The molecular formula is C10H18Sr. The van der Waals surface area contributed by atoms with Crippen LogP contribution in [0.4, 0.5) is 0 Å². The van der Waals surface area contributed by atoms with Crippen molar-refractivity contribution in [2.45, 2.75) is 38.5 Å². The molecule has 0 atom stereocenters. The molecule has 0 unspecified atom stereocenters. The van der Waals surface area contributed by atoms with Crippen LogP contribution in [0.15, 0.2) is 0 Å². The fourth-order valence-corrected chi connectivity index (χ4v) is 3.98. The van der Waals surface area contributed by atoms with Gasteiger partial charge in [0.15, 0.2) is 0 Å². The van der Waals surface area contributed by atoms with Crippen molar-refractivity contribution in [1.29, 1.82) is 0 Å². The Morgan fingerprint density at radius 3 is 0.818 bits per heavy atom. The minimum atomic E-state index is 0. The van der Waals surface area contributed by atoms with Crippen molar-refractivity contribution in [3.05, 3.63) is 0 Å². The Balaban J connectivity index is 0.000000480. The molecule has 60 valence electrons. The summed E-state index contributed by atoms with van der Waals surface area (Å²) in [5.41, 5.74) is 0. The first-order valence-electron chi connectivity index (χ1n) is 4.90. The van der Waals surface area contributed by atoms with Gasteiger partial charge < -0.3 is 0 Å². The molecule has 4 aliphatic carbocycles. The predicted octanol–water partition coefficient (Wildman–Crippen LogP) is 1.92. The van der Waals surface area contributed by atoms with Gasteiger partial charge in [-0.05, 0) is 62.2 Å². The predicted molar refractivity (Wildman–Crippen MR) is 50.2 cm³/mol. The second kappa shape index (κ2) is 3.32. The Hall–Kier alpha value is 1.48. The van der Waals surface area contributed by atoms with Crippen molar-refractivity contribution in [3.8, 4) is 0 Å². The molecule has 0 amide bonds. The van der Waals surface area contributed by atoms with Gasteiger partial charge in [0.2, 0.25) is 0 Å². The third kappa shape index (κ3) is 1.59. The van der Waals surface area contributed by atoms with Gasteiger partial charge in [-0.15, -0.1) is 0 Å². The Labute approximate surface area is 106 Å². The van der Waals surface area contributed by atoms with E-state index in [9.17, 15) is 0 Å². The van der Waals surface area contributed by atoms with Crippen molar-refractivity contribution in [3.63, 3.8) is 0 Å². The number of rotatable bonds is 0. The van der Waals surface area contributed by atoms with E-state index < -0.39 is 0 Å². The Bertz CT molecular complexity index is 96.4. The van der Waals surface area contributed by atoms with Crippen LogP contribution in [0, 0.1) is 23.7 Å². The molecule has 4 saturated carbocycles. The molecule has 0 aromatic rings. The van der Waals surface area contributed by atoms with Crippen molar-refractivity contribution >= 4 is 45.5 Å². The summed E-state index contributed by atoms with van der Waals surface area (Å²) in [6.07, 6.45) is 9.62. The summed E-state index contributed by atoms with van der Waals surface area (Å²) in [6.45, 7) is 0. The van der Waals surface area contributed by atoms with E-state index in [0.717, 1.165) is 0 Å². The SMILES string of the molecule is C1C2CC3CC1CC(C2)C3.[SrH2]. The molecule has 0 aromatic carbocycles. The van der Waals surface area contributed by atoms with E-state index in [0.29, 0.717) is 0 Å². The van der Waals surface area contributed by atoms with Crippen LogP contribution in [0.5, 0.6) is 0 Å². The summed E-state index contributed by atoms with van der Waals surface area (Å²) in [7, 11) is 0. The normalized spacial score (nSPS) is 52.4. The van der Waals surface area contributed by atoms with E-state index in [-0.39, 0.29) is 45.5 Å². The van der Waals surface area contributed by atoms with Gasteiger partial charge in [-0.25, -0.2) is 0 Å². The van der Waals surface area contributed by atoms with Crippen molar-refractivity contribution in [2.75, 3.05) is 0 Å². The number of hydrogen-bond donors (Lipinski definition) is 0. The van der Waals surface area contributed by atoms with Crippen LogP contribution in [-0.2, 0) is 0 Å². The Morgan fingerprint density at radius 2 is 0.636 bits per heavy atom. The molecule has 0 aliphatic heterocycles. The Kier molecular flexibility index (Phi) is 2.73. The third-order valence-corrected chi connectivity index (χ3v) is 4.00. The monoisotopic (exact) mass is 226 g/mol. The van der Waals surface area contributed by atoms with Gasteiger partial charge in [0, 0.05) is 0 Å². The second-order valence-electron chi connectivity index (χ2n) is 4.88. The van der Waals surface area contributed by atoms with E-state index in [2.05, 4.69) is 0 Å². The summed E-state index contributed by atoms with van der Waals surface area (Å²) in [6, 6.07) is 0. The molecule has 11 heavy (non-hydrogen) atoms. The van der Waals surface area contributed by atoms with Gasteiger partial charge in [0.1, 0.15) is 0 Å². The fourth-order valence-electron chi connectivity index (χ4n) is 3.98. The van der Waals surface area contributed by atoms with Gasteiger partial charge >= 0.3 is 45.5 Å². The van der Waals surface area contributed by atoms with Crippen molar-refractivity contribution in [1.82, 2.24) is 0 Å². The average Bonchev–Trinajstić information content (AvgIpc) is 1.82. The van der Waals surface area contributed by atoms with E-state index in [1.807, 2.05) is 0 Å². The standard InChI is InChI=1S/C10H16.Sr.2H/c1-7-2-9-4-8(1)5-10(3-7)6-9;;;/h7-10H,1-6H2;;;. The summed E-state index contributed by atoms with van der Waals surface area (Å²) in [5, 5.41) is 0. The van der Waals surface area contributed by atoms with Crippen molar-refractivity contribution in [2.24, 2.45) is 23.7 Å². The molecule has 0 spiro atoms. The van der Waals surface area contributed by atoms with Crippen LogP contribution < -0.4 is 0 Å². The first kappa shape index (κ1) is 9.05. The quantitative estimate of drug-likeness (QED) is 0.553. The van der Waals surface area contributed by atoms with Crippen LogP contribution in [0.2, 0.25) is 0 Å². The zero-order chi connectivity index (χ0) is 6.55. The van der Waals surface area contributed by atoms with E-state index >= 15 is 0 Å². The third-order valence-electron chi connectivity index (χ3n) is 4.00. The summed E-state index contributed by atoms with van der Waals surface area (Å²) in [4.78, 5) is 0. The van der Waals surface area contributed by atoms with Crippen LogP contribution in [-0.4, -0.2) is 45.5 Å². The molecule has 4 bridgehead atoms.